The van der Waals surface area contributed by atoms with Crippen molar-refractivity contribution in [1.82, 2.24) is 19.4 Å². The van der Waals surface area contributed by atoms with Gasteiger partial charge in [-0.15, -0.1) is 0 Å². The van der Waals surface area contributed by atoms with E-state index >= 15 is 0 Å². The lowest BCUT2D eigenvalue weighted by Gasteiger charge is -2.30. The molecule has 2 atom stereocenters. The Bertz CT molecular complexity index is 1280. The van der Waals surface area contributed by atoms with Gasteiger partial charge in [0, 0.05) is 50.2 Å². The summed E-state index contributed by atoms with van der Waals surface area (Å²) in [7, 11) is 1.78. The van der Waals surface area contributed by atoms with Gasteiger partial charge in [-0.3, -0.25) is 9.59 Å². The fourth-order valence-electron chi connectivity index (χ4n) is 5.23. The number of pyridine rings is 1. The summed E-state index contributed by atoms with van der Waals surface area (Å²) < 4.78 is 15.0. The standard InChI is InChI=1S/C29H40N4O4/c1-7-24(29(35)37-18(2)3)30-16-21-8-9-26-25(15-21)31-27(23-14-19(4)28(34)32(6)17-23)33(26)20(5)22-10-12-36-13-11-22/h8-9,14-15,17-18,20,22,24,30H,7,10-13,16H2,1-6H3. The van der Waals surface area contributed by atoms with Crippen LogP contribution < -0.4 is 10.9 Å². The van der Waals surface area contributed by atoms with Gasteiger partial charge in [0.2, 0.25) is 0 Å². The molecule has 3 heterocycles. The van der Waals surface area contributed by atoms with E-state index in [1.807, 2.05) is 40.0 Å². The molecule has 37 heavy (non-hydrogen) atoms. The zero-order valence-electron chi connectivity index (χ0n) is 22.9. The van der Waals surface area contributed by atoms with E-state index in [-0.39, 0.29) is 29.7 Å². The van der Waals surface area contributed by atoms with Crippen LogP contribution in [0.3, 0.4) is 0 Å². The number of nitrogens with zero attached hydrogens (tertiary/aromatic N) is 3. The minimum Gasteiger partial charge on any atom is -0.462 e. The molecule has 0 spiro atoms. The molecule has 0 saturated carbocycles. The smallest absolute Gasteiger partial charge is 0.323 e. The van der Waals surface area contributed by atoms with Crippen molar-refractivity contribution in [2.75, 3.05) is 13.2 Å². The number of ether oxygens (including phenoxy) is 2. The van der Waals surface area contributed by atoms with Crippen molar-refractivity contribution in [2.24, 2.45) is 13.0 Å². The number of hydrogen-bond acceptors (Lipinski definition) is 6. The molecule has 1 aliphatic heterocycles. The molecule has 1 aliphatic rings. The van der Waals surface area contributed by atoms with E-state index in [1.165, 1.54) is 0 Å². The molecule has 1 N–H and O–H groups in total. The summed E-state index contributed by atoms with van der Waals surface area (Å²) in [5.74, 6) is 1.13. The van der Waals surface area contributed by atoms with Crippen molar-refractivity contribution in [1.29, 1.82) is 0 Å². The first-order chi connectivity index (χ1) is 17.7. The number of carbonyl (C=O) groups excluding carboxylic acids is 1. The molecule has 0 radical (unpaired) electrons. The predicted molar refractivity (Wildman–Crippen MR) is 146 cm³/mol. The fraction of sp³-hybridized carbons (Fsp3) is 0.552. The molecule has 1 aromatic carbocycles. The number of imidazole rings is 1. The first kappa shape index (κ1) is 27.1. The van der Waals surface area contributed by atoms with Gasteiger partial charge in [-0.05, 0) is 76.6 Å². The Morgan fingerprint density at radius 1 is 1.22 bits per heavy atom. The minimum absolute atomic E-state index is 0.00118. The van der Waals surface area contributed by atoms with E-state index in [2.05, 4.69) is 35.0 Å². The van der Waals surface area contributed by atoms with Crippen LogP contribution in [0.2, 0.25) is 0 Å². The number of aromatic nitrogens is 3. The zero-order valence-corrected chi connectivity index (χ0v) is 22.9. The highest BCUT2D eigenvalue weighted by Crippen LogP contribution is 2.35. The summed E-state index contributed by atoms with van der Waals surface area (Å²) >= 11 is 0. The highest BCUT2D eigenvalue weighted by molar-refractivity contribution is 5.81. The van der Waals surface area contributed by atoms with Gasteiger partial charge >= 0.3 is 5.97 Å². The third-order valence-corrected chi connectivity index (χ3v) is 7.33. The van der Waals surface area contributed by atoms with Crippen molar-refractivity contribution < 1.29 is 14.3 Å². The summed E-state index contributed by atoms with van der Waals surface area (Å²) in [6, 6.07) is 8.12. The van der Waals surface area contributed by atoms with Gasteiger partial charge in [-0.25, -0.2) is 4.98 Å². The maximum Gasteiger partial charge on any atom is 0.323 e. The van der Waals surface area contributed by atoms with Crippen molar-refractivity contribution >= 4 is 17.0 Å². The van der Waals surface area contributed by atoms with Crippen LogP contribution in [0.4, 0.5) is 0 Å². The van der Waals surface area contributed by atoms with Gasteiger partial charge in [-0.1, -0.05) is 13.0 Å². The second-order valence-electron chi connectivity index (χ2n) is 10.5. The van der Waals surface area contributed by atoms with E-state index < -0.39 is 0 Å². The summed E-state index contributed by atoms with van der Waals surface area (Å²) in [6.07, 6.45) is 4.42. The van der Waals surface area contributed by atoms with E-state index in [0.717, 1.165) is 54.0 Å². The molecule has 200 valence electrons. The molecule has 2 aromatic heterocycles. The quantitative estimate of drug-likeness (QED) is 0.428. The lowest BCUT2D eigenvalue weighted by atomic mass is 9.92. The van der Waals surface area contributed by atoms with Gasteiger partial charge in [-0.2, -0.15) is 0 Å². The third-order valence-electron chi connectivity index (χ3n) is 7.33. The summed E-state index contributed by atoms with van der Waals surface area (Å²) in [4.78, 5) is 29.9. The Morgan fingerprint density at radius 3 is 2.59 bits per heavy atom. The topological polar surface area (TPSA) is 87.4 Å². The molecule has 2 unspecified atom stereocenters. The van der Waals surface area contributed by atoms with Crippen LogP contribution in [0.1, 0.15) is 64.1 Å². The van der Waals surface area contributed by atoms with E-state index in [4.69, 9.17) is 14.5 Å². The van der Waals surface area contributed by atoms with Crippen LogP contribution >= 0.6 is 0 Å². The van der Waals surface area contributed by atoms with Crippen molar-refractivity contribution in [2.45, 2.75) is 78.6 Å². The molecule has 0 bridgehead atoms. The predicted octanol–water partition coefficient (Wildman–Crippen LogP) is 4.52. The van der Waals surface area contributed by atoms with Crippen LogP contribution in [0, 0.1) is 12.8 Å². The van der Waals surface area contributed by atoms with Crippen molar-refractivity contribution in [3.63, 3.8) is 0 Å². The molecule has 1 fully saturated rings. The van der Waals surface area contributed by atoms with Crippen molar-refractivity contribution in [3.8, 4) is 11.4 Å². The molecular weight excluding hydrogens is 468 g/mol. The van der Waals surface area contributed by atoms with Gasteiger partial charge in [0.1, 0.15) is 11.9 Å². The monoisotopic (exact) mass is 508 g/mol. The molecular formula is C29H40N4O4. The summed E-state index contributed by atoms with van der Waals surface area (Å²) in [5, 5.41) is 3.34. The fourth-order valence-corrected chi connectivity index (χ4v) is 5.23. The number of rotatable bonds is 9. The van der Waals surface area contributed by atoms with Crippen molar-refractivity contribution in [3.05, 3.63) is 51.9 Å². The molecule has 0 amide bonds. The number of benzene rings is 1. The van der Waals surface area contributed by atoms with Crippen LogP contribution in [0.25, 0.3) is 22.4 Å². The first-order valence-electron chi connectivity index (χ1n) is 13.4. The normalized spacial score (nSPS) is 16.3. The lowest BCUT2D eigenvalue weighted by molar-refractivity contribution is -0.150. The number of hydrogen-bond donors (Lipinski definition) is 1. The number of nitrogens with one attached hydrogen (secondary N) is 1. The first-order valence-corrected chi connectivity index (χ1v) is 13.4. The van der Waals surface area contributed by atoms with Crippen LogP contribution in [0.15, 0.2) is 35.3 Å². The van der Waals surface area contributed by atoms with E-state index in [1.54, 1.807) is 11.6 Å². The average Bonchev–Trinajstić information content (AvgIpc) is 3.25. The average molecular weight is 509 g/mol. The third kappa shape index (κ3) is 5.96. The van der Waals surface area contributed by atoms with Gasteiger partial charge < -0.3 is 23.9 Å². The maximum absolute atomic E-state index is 12.4. The molecule has 8 heteroatoms. The Hall–Kier alpha value is -2.97. The van der Waals surface area contributed by atoms with Crippen LogP contribution in [-0.4, -0.2) is 45.4 Å². The van der Waals surface area contributed by atoms with Gasteiger partial charge in [0.15, 0.2) is 0 Å². The lowest BCUT2D eigenvalue weighted by Crippen LogP contribution is -2.38. The molecule has 0 aliphatic carbocycles. The number of esters is 1. The molecule has 4 rings (SSSR count). The largest absolute Gasteiger partial charge is 0.462 e. The van der Waals surface area contributed by atoms with Gasteiger partial charge in [0.05, 0.1) is 17.1 Å². The number of fused-ring (bicyclic) bond motifs is 1. The Balaban J connectivity index is 1.71. The van der Waals surface area contributed by atoms with E-state index in [0.29, 0.717) is 24.4 Å². The number of aryl methyl sites for hydroxylation is 2. The highest BCUT2D eigenvalue weighted by Gasteiger charge is 2.27. The molecule has 1 saturated heterocycles. The van der Waals surface area contributed by atoms with Gasteiger partial charge in [0.25, 0.3) is 5.56 Å². The Morgan fingerprint density at radius 2 is 1.95 bits per heavy atom. The minimum atomic E-state index is -0.353. The summed E-state index contributed by atoms with van der Waals surface area (Å²) in [6.45, 7) is 11.9. The maximum atomic E-state index is 12.4. The Labute approximate surface area is 219 Å². The highest BCUT2D eigenvalue weighted by atomic mass is 16.5. The van der Waals surface area contributed by atoms with Crippen LogP contribution in [-0.2, 0) is 27.9 Å². The molecule has 3 aromatic rings. The Kier molecular flexibility index (Phi) is 8.49. The van der Waals surface area contributed by atoms with Crippen LogP contribution in [0.5, 0.6) is 0 Å². The number of carbonyl (C=O) groups is 1. The molecule has 8 nitrogen and oxygen atoms in total. The second-order valence-corrected chi connectivity index (χ2v) is 10.5. The SMILES string of the molecule is CCC(NCc1ccc2c(c1)nc(-c1cc(C)c(=O)n(C)c1)n2C(C)C1CCOCC1)C(=O)OC(C)C. The summed E-state index contributed by atoms with van der Waals surface area (Å²) in [5.41, 5.74) is 4.64. The van der Waals surface area contributed by atoms with E-state index in [9.17, 15) is 9.59 Å². The second kappa shape index (κ2) is 11.6. The zero-order chi connectivity index (χ0) is 26.7.